The molecule has 4 fully saturated rings. The summed E-state index contributed by atoms with van der Waals surface area (Å²) in [6, 6.07) is 6.14. The van der Waals surface area contributed by atoms with Gasteiger partial charge in [0.2, 0.25) is 5.91 Å². The normalized spacial score (nSPS) is 36.8. The van der Waals surface area contributed by atoms with Crippen molar-refractivity contribution in [3.63, 3.8) is 0 Å². The molecule has 0 bridgehead atoms. The molecule has 4 N–H and O–H groups in total. The third-order valence-corrected chi connectivity index (χ3v) is 10.7. The van der Waals surface area contributed by atoms with Crippen molar-refractivity contribution in [2.45, 2.75) is 82.0 Å². The smallest absolute Gasteiger partial charge is 0.246 e. The Morgan fingerprint density at radius 3 is 2.85 bits per heavy atom. The molecule has 5 aliphatic rings. The van der Waals surface area contributed by atoms with E-state index in [0.717, 1.165) is 51.7 Å². The number of hydrogen-bond donors (Lipinski definition) is 3. The summed E-state index contributed by atoms with van der Waals surface area (Å²) in [7, 11) is 2.19. The molecule has 3 saturated heterocycles. The van der Waals surface area contributed by atoms with Crippen LogP contribution >= 0.6 is 0 Å². The minimum atomic E-state index is -0.218. The zero-order valence-corrected chi connectivity index (χ0v) is 24.0. The Labute approximate surface area is 238 Å². The maximum absolute atomic E-state index is 13.9. The van der Waals surface area contributed by atoms with Crippen molar-refractivity contribution < 1.29 is 13.9 Å². The fourth-order valence-electron chi connectivity index (χ4n) is 8.37. The van der Waals surface area contributed by atoms with E-state index in [1.807, 2.05) is 11.0 Å². The van der Waals surface area contributed by atoms with Crippen molar-refractivity contribution in [3.05, 3.63) is 47.8 Å². The summed E-state index contributed by atoms with van der Waals surface area (Å²) in [6.45, 7) is 8.18. The molecule has 1 spiro atoms. The zero-order valence-electron chi connectivity index (χ0n) is 24.0. The Balaban J connectivity index is 1.20. The maximum Gasteiger partial charge on any atom is 0.246 e. The number of halogens is 1. The number of amides is 1. The molecule has 3 aliphatic heterocycles. The van der Waals surface area contributed by atoms with Gasteiger partial charge in [-0.2, -0.15) is 0 Å². The van der Waals surface area contributed by atoms with Crippen LogP contribution in [0, 0.1) is 17.2 Å². The molecule has 0 radical (unpaired) electrons. The van der Waals surface area contributed by atoms with Crippen LogP contribution in [0.2, 0.25) is 0 Å². The van der Waals surface area contributed by atoms with E-state index in [4.69, 9.17) is 10.5 Å². The first kappa shape index (κ1) is 28.2. The van der Waals surface area contributed by atoms with Crippen LogP contribution < -0.4 is 16.4 Å². The summed E-state index contributed by atoms with van der Waals surface area (Å²) in [5.74, 6) is 0.277. The van der Waals surface area contributed by atoms with Gasteiger partial charge in [-0.25, -0.2) is 4.39 Å². The van der Waals surface area contributed by atoms with Gasteiger partial charge < -0.3 is 20.3 Å². The van der Waals surface area contributed by atoms with E-state index in [9.17, 15) is 9.18 Å². The molecule has 3 heterocycles. The molecule has 2 aliphatic carbocycles. The lowest BCUT2D eigenvalue weighted by atomic mass is 9.59. The van der Waals surface area contributed by atoms with Gasteiger partial charge in [-0.05, 0) is 99.7 Å². The van der Waals surface area contributed by atoms with Crippen molar-refractivity contribution in [1.82, 2.24) is 25.3 Å². The van der Waals surface area contributed by atoms with Gasteiger partial charge >= 0.3 is 0 Å². The van der Waals surface area contributed by atoms with Crippen LogP contribution in [0.3, 0.4) is 0 Å². The topological polar surface area (TPSA) is 86.1 Å². The number of fused-ring (bicyclic) bond motifs is 2. The van der Waals surface area contributed by atoms with Crippen molar-refractivity contribution in [1.29, 1.82) is 0 Å². The lowest BCUT2D eigenvalue weighted by Gasteiger charge is -2.56. The van der Waals surface area contributed by atoms with E-state index >= 15 is 0 Å². The number of nitrogens with zero attached hydrogens (tertiary/aromatic N) is 3. The predicted octanol–water partition coefficient (Wildman–Crippen LogP) is 2.04. The van der Waals surface area contributed by atoms with Gasteiger partial charge in [-0.1, -0.05) is 12.6 Å². The average Bonchev–Trinajstić information content (AvgIpc) is 3.39. The largest absolute Gasteiger partial charge is 0.348 e. The molecule has 1 saturated carbocycles. The van der Waals surface area contributed by atoms with Gasteiger partial charge in [0.15, 0.2) is 6.35 Å². The Hall–Kier alpha value is -1.88. The number of likely N-dealkylation sites (tertiary alicyclic amines) is 1. The van der Waals surface area contributed by atoms with E-state index in [1.54, 1.807) is 12.1 Å². The third kappa shape index (κ3) is 5.61. The molecule has 6 rings (SSSR count). The first-order valence-electron chi connectivity index (χ1n) is 15.4. The first-order chi connectivity index (χ1) is 19.4. The first-order valence-corrected chi connectivity index (χ1v) is 15.4. The number of nitrogens with one attached hydrogen (secondary N) is 2. The van der Waals surface area contributed by atoms with E-state index in [2.05, 4.69) is 34.1 Å². The fraction of sp³-hybridized carbons (Fsp3) is 0.710. The summed E-state index contributed by atoms with van der Waals surface area (Å²) >= 11 is 0. The lowest BCUT2D eigenvalue weighted by Crippen LogP contribution is -2.73. The number of piperazine rings is 1. The molecule has 0 aromatic heterocycles. The SMILES string of the molecule is C=CC(=O)N1CCN(C2NC(OCC3CCCN3C)NC3C[C@@]4(CCc5cc(F)ccc5C4)CCC32)CC1CN. The second-order valence-corrected chi connectivity index (χ2v) is 13.0. The standard InChI is InChI=1S/C31H47FN6O2/c1-3-28(39)38-14-13-37(19-25(38)18-33)29-26-9-11-31(10-8-21-15-23(32)7-6-22(21)16-31)17-27(26)34-30(35-29)40-20-24-5-4-12-36(24)2/h3,6-7,15,24-27,29-30,34-35H,1,4-5,8-14,16-20,33H2,2H3/t24?,25?,26?,27?,29?,30?,31-/m0/s1. The average molecular weight is 555 g/mol. The van der Waals surface area contributed by atoms with Gasteiger partial charge in [0.25, 0.3) is 0 Å². The third-order valence-electron chi connectivity index (χ3n) is 10.7. The summed E-state index contributed by atoms with van der Waals surface area (Å²) in [5.41, 5.74) is 8.92. The van der Waals surface area contributed by atoms with Crippen LogP contribution in [0.15, 0.2) is 30.9 Å². The monoisotopic (exact) mass is 554 g/mol. The van der Waals surface area contributed by atoms with Gasteiger partial charge in [0.05, 0.1) is 18.8 Å². The minimum Gasteiger partial charge on any atom is -0.348 e. The van der Waals surface area contributed by atoms with Crippen LogP contribution in [0.4, 0.5) is 4.39 Å². The molecular weight excluding hydrogens is 507 g/mol. The number of benzene rings is 1. The van der Waals surface area contributed by atoms with Gasteiger partial charge in [-0.15, -0.1) is 0 Å². The maximum atomic E-state index is 13.9. The quantitative estimate of drug-likeness (QED) is 0.464. The molecule has 7 atom stereocenters. The predicted molar refractivity (Wildman–Crippen MR) is 154 cm³/mol. The summed E-state index contributed by atoms with van der Waals surface area (Å²) in [5, 5.41) is 7.73. The summed E-state index contributed by atoms with van der Waals surface area (Å²) < 4.78 is 20.4. The van der Waals surface area contributed by atoms with Gasteiger partial charge in [-0.3, -0.25) is 20.3 Å². The molecule has 1 amide bonds. The van der Waals surface area contributed by atoms with E-state index in [1.165, 1.54) is 36.5 Å². The van der Waals surface area contributed by atoms with E-state index in [-0.39, 0.29) is 35.7 Å². The Morgan fingerprint density at radius 2 is 2.08 bits per heavy atom. The molecule has 40 heavy (non-hydrogen) atoms. The van der Waals surface area contributed by atoms with Gasteiger partial charge in [0, 0.05) is 44.2 Å². The summed E-state index contributed by atoms with van der Waals surface area (Å²) in [6.07, 6.45) is 10.3. The van der Waals surface area contributed by atoms with Gasteiger partial charge in [0.1, 0.15) is 5.82 Å². The van der Waals surface area contributed by atoms with Crippen molar-refractivity contribution in [2.75, 3.05) is 46.4 Å². The number of likely N-dealkylation sites (N-methyl/N-ethyl adjacent to an activating group) is 1. The molecular formula is C31H47FN6O2. The molecule has 6 unspecified atom stereocenters. The molecule has 1 aromatic carbocycles. The number of ether oxygens (including phenoxy) is 1. The minimum absolute atomic E-state index is 0.0222. The molecule has 1 aromatic rings. The molecule has 220 valence electrons. The highest BCUT2D eigenvalue weighted by molar-refractivity contribution is 5.87. The highest BCUT2D eigenvalue weighted by Crippen LogP contribution is 2.49. The number of rotatable bonds is 6. The second-order valence-electron chi connectivity index (χ2n) is 13.0. The van der Waals surface area contributed by atoms with Crippen molar-refractivity contribution in [2.24, 2.45) is 17.1 Å². The number of carbonyl (C=O) groups is 1. The molecule has 8 nitrogen and oxygen atoms in total. The van der Waals surface area contributed by atoms with Crippen LogP contribution in [0.1, 0.15) is 49.7 Å². The number of hydrogen-bond acceptors (Lipinski definition) is 7. The second kappa shape index (κ2) is 11.8. The highest BCUT2D eigenvalue weighted by Gasteiger charge is 2.50. The zero-order chi connectivity index (χ0) is 27.9. The van der Waals surface area contributed by atoms with Crippen LogP contribution in [-0.2, 0) is 22.4 Å². The Kier molecular flexibility index (Phi) is 8.32. The Morgan fingerprint density at radius 1 is 1.20 bits per heavy atom. The van der Waals surface area contributed by atoms with Crippen LogP contribution in [0.25, 0.3) is 0 Å². The van der Waals surface area contributed by atoms with E-state index in [0.29, 0.717) is 37.7 Å². The molecule has 9 heteroatoms. The number of aryl methyl sites for hydroxylation is 1. The number of carbonyl (C=O) groups excluding carboxylic acids is 1. The lowest BCUT2D eigenvalue weighted by molar-refractivity contribution is -0.137. The highest BCUT2D eigenvalue weighted by atomic mass is 19.1. The Bertz CT molecular complexity index is 1090. The number of nitrogens with two attached hydrogens (primary N) is 1. The van der Waals surface area contributed by atoms with E-state index < -0.39 is 0 Å². The van der Waals surface area contributed by atoms with Crippen molar-refractivity contribution in [3.8, 4) is 0 Å². The van der Waals surface area contributed by atoms with Crippen LogP contribution in [-0.4, -0.2) is 97.6 Å². The van der Waals surface area contributed by atoms with Crippen molar-refractivity contribution >= 4 is 5.91 Å². The fourth-order valence-corrected chi connectivity index (χ4v) is 8.37. The summed E-state index contributed by atoms with van der Waals surface area (Å²) in [4.78, 5) is 19.3. The van der Waals surface area contributed by atoms with Crippen LogP contribution in [0.5, 0.6) is 0 Å².